The molecular weight excluding hydrogens is 264 g/mol. The molecule has 0 N–H and O–H groups in total. The average Bonchev–Trinajstić information content (AvgIpc) is 2.36. The van der Waals surface area contributed by atoms with Crippen LogP contribution in [0.2, 0.25) is 0 Å². The van der Waals surface area contributed by atoms with E-state index in [1.165, 1.54) is 12.1 Å². The van der Waals surface area contributed by atoms with E-state index in [-0.39, 0.29) is 5.75 Å². The maximum Gasteiger partial charge on any atom is 0.262 e. The largest absolute Gasteiger partial charge is 0.716 e. The van der Waals surface area contributed by atoms with Crippen molar-refractivity contribution >= 4 is 31.9 Å². The molecule has 0 amide bonds. The molecule has 0 spiro atoms. The van der Waals surface area contributed by atoms with Gasteiger partial charge in [0, 0.05) is 0 Å². The van der Waals surface area contributed by atoms with E-state index in [0.717, 1.165) is 21.5 Å². The maximum absolute atomic E-state index is 10.6. The molecule has 0 heterocycles. The van der Waals surface area contributed by atoms with Gasteiger partial charge in [0.2, 0.25) is 0 Å². The lowest BCUT2D eigenvalue weighted by Crippen LogP contribution is -2.06. The minimum Gasteiger partial charge on any atom is -0.716 e. The van der Waals surface area contributed by atoms with Gasteiger partial charge < -0.3 is 8.74 Å². The fourth-order valence-electron chi connectivity index (χ4n) is 2.16. The van der Waals surface area contributed by atoms with Crippen molar-refractivity contribution in [1.82, 2.24) is 0 Å². The van der Waals surface area contributed by atoms with E-state index < -0.39 is 10.4 Å². The summed E-state index contributed by atoms with van der Waals surface area (Å²) in [5, 5.41) is 3.96. The molecule has 3 rings (SSSR count). The van der Waals surface area contributed by atoms with Gasteiger partial charge >= 0.3 is 0 Å². The van der Waals surface area contributed by atoms with Gasteiger partial charge in [0.05, 0.1) is 0 Å². The Morgan fingerprint density at radius 3 is 2.32 bits per heavy atom. The fraction of sp³-hybridized carbons (Fsp3) is 0. The SMILES string of the molecule is O=S(=O)([O-])Oc1ccc2c(ccc3ccccc32)c1. The van der Waals surface area contributed by atoms with Gasteiger partial charge in [-0.25, -0.2) is 8.42 Å². The zero-order chi connectivity index (χ0) is 13.5. The molecule has 0 aliphatic heterocycles. The van der Waals surface area contributed by atoms with Crippen molar-refractivity contribution in [3.63, 3.8) is 0 Å². The molecule has 96 valence electrons. The van der Waals surface area contributed by atoms with Gasteiger partial charge in [-0.15, -0.1) is 0 Å². The third-order valence-electron chi connectivity index (χ3n) is 2.91. The third-order valence-corrected chi connectivity index (χ3v) is 3.31. The van der Waals surface area contributed by atoms with Crippen LogP contribution in [-0.4, -0.2) is 13.0 Å². The van der Waals surface area contributed by atoms with Gasteiger partial charge in [0.15, 0.2) is 0 Å². The number of fused-ring (bicyclic) bond motifs is 3. The second kappa shape index (κ2) is 4.22. The molecule has 19 heavy (non-hydrogen) atoms. The van der Waals surface area contributed by atoms with E-state index in [9.17, 15) is 13.0 Å². The Balaban J connectivity index is 2.22. The molecule has 0 saturated carbocycles. The molecule has 4 nitrogen and oxygen atoms in total. The summed E-state index contributed by atoms with van der Waals surface area (Å²) in [6.07, 6.45) is 0. The van der Waals surface area contributed by atoms with E-state index in [4.69, 9.17) is 0 Å². The van der Waals surface area contributed by atoms with Crippen molar-refractivity contribution in [2.45, 2.75) is 0 Å². The van der Waals surface area contributed by atoms with Crippen molar-refractivity contribution in [1.29, 1.82) is 0 Å². The standard InChI is InChI=1S/C14H10O4S/c15-19(16,17)18-12-7-8-14-11(9-12)6-5-10-3-1-2-4-13(10)14/h1-9H,(H,15,16,17)/p-1. The predicted molar refractivity (Wildman–Crippen MR) is 71.8 cm³/mol. The predicted octanol–water partition coefficient (Wildman–Crippen LogP) is 2.83. The Bertz CT molecular complexity index is 869. The highest BCUT2D eigenvalue weighted by molar-refractivity contribution is 7.81. The van der Waals surface area contributed by atoms with Crippen LogP contribution in [0.3, 0.4) is 0 Å². The molecule has 3 aromatic rings. The van der Waals surface area contributed by atoms with Crippen LogP contribution in [0.5, 0.6) is 5.75 Å². The van der Waals surface area contributed by atoms with Crippen molar-refractivity contribution in [2.24, 2.45) is 0 Å². The monoisotopic (exact) mass is 273 g/mol. The molecule has 0 radical (unpaired) electrons. The first kappa shape index (κ1) is 12.0. The van der Waals surface area contributed by atoms with Crippen molar-refractivity contribution in [2.75, 3.05) is 0 Å². The van der Waals surface area contributed by atoms with Crippen molar-refractivity contribution in [3.05, 3.63) is 54.6 Å². The lowest BCUT2D eigenvalue weighted by molar-refractivity contribution is 0.372. The Kier molecular flexibility index (Phi) is 2.66. The first-order chi connectivity index (χ1) is 9.03. The second-order valence-electron chi connectivity index (χ2n) is 4.16. The van der Waals surface area contributed by atoms with Crippen LogP contribution in [0.4, 0.5) is 0 Å². The van der Waals surface area contributed by atoms with Crippen LogP contribution in [0.15, 0.2) is 54.6 Å². The van der Waals surface area contributed by atoms with Gasteiger partial charge in [-0.2, -0.15) is 0 Å². The van der Waals surface area contributed by atoms with Crippen molar-refractivity contribution in [3.8, 4) is 5.75 Å². The van der Waals surface area contributed by atoms with Crippen LogP contribution in [0, 0.1) is 0 Å². The summed E-state index contributed by atoms with van der Waals surface area (Å²) in [6.45, 7) is 0. The lowest BCUT2D eigenvalue weighted by Gasteiger charge is -2.10. The second-order valence-corrected chi connectivity index (χ2v) is 5.14. The Labute approximate surface area is 110 Å². The van der Waals surface area contributed by atoms with Crippen LogP contribution >= 0.6 is 0 Å². The van der Waals surface area contributed by atoms with Crippen molar-refractivity contribution < 1.29 is 17.2 Å². The van der Waals surface area contributed by atoms with Crippen LogP contribution in [0.1, 0.15) is 0 Å². The van der Waals surface area contributed by atoms with E-state index in [1.807, 2.05) is 36.4 Å². The Morgan fingerprint density at radius 1 is 0.842 bits per heavy atom. The summed E-state index contributed by atoms with van der Waals surface area (Å²) in [5.41, 5.74) is 0. The zero-order valence-corrected chi connectivity index (χ0v) is 10.6. The molecular formula is C14H9O4S-. The summed E-state index contributed by atoms with van der Waals surface area (Å²) < 4.78 is 36.1. The maximum atomic E-state index is 10.6. The average molecular weight is 273 g/mol. The highest BCUT2D eigenvalue weighted by atomic mass is 32.3. The minimum atomic E-state index is -4.74. The minimum absolute atomic E-state index is 0.0257. The summed E-state index contributed by atoms with van der Waals surface area (Å²) >= 11 is 0. The molecule has 0 fully saturated rings. The highest BCUT2D eigenvalue weighted by Crippen LogP contribution is 2.28. The number of rotatable bonds is 2. The summed E-state index contributed by atoms with van der Waals surface area (Å²) in [5.74, 6) is 0.0257. The Morgan fingerprint density at radius 2 is 1.53 bits per heavy atom. The summed E-state index contributed by atoms with van der Waals surface area (Å²) in [6, 6.07) is 16.4. The number of hydrogen-bond acceptors (Lipinski definition) is 4. The van der Waals surface area contributed by atoms with Gasteiger partial charge in [-0.05, 0) is 33.7 Å². The molecule has 3 aromatic carbocycles. The number of benzene rings is 3. The molecule has 0 saturated heterocycles. The molecule has 0 aromatic heterocycles. The first-order valence-electron chi connectivity index (χ1n) is 5.60. The third kappa shape index (κ3) is 2.38. The first-order valence-corrected chi connectivity index (χ1v) is 6.93. The smallest absolute Gasteiger partial charge is 0.262 e. The summed E-state index contributed by atoms with van der Waals surface area (Å²) in [7, 11) is -4.74. The molecule has 0 atom stereocenters. The van der Waals surface area contributed by atoms with E-state index in [2.05, 4.69) is 4.18 Å². The van der Waals surface area contributed by atoms with E-state index in [0.29, 0.717) is 0 Å². The normalized spacial score (nSPS) is 11.8. The van der Waals surface area contributed by atoms with Crippen LogP contribution in [-0.2, 0) is 10.4 Å². The van der Waals surface area contributed by atoms with E-state index >= 15 is 0 Å². The van der Waals surface area contributed by atoms with E-state index in [1.54, 1.807) is 6.07 Å². The summed E-state index contributed by atoms with van der Waals surface area (Å²) in [4.78, 5) is 0. The lowest BCUT2D eigenvalue weighted by atomic mass is 10.0. The molecule has 0 unspecified atom stereocenters. The number of hydrogen-bond donors (Lipinski definition) is 0. The fourth-order valence-corrected chi connectivity index (χ4v) is 2.50. The van der Waals surface area contributed by atoms with Crippen LogP contribution in [0.25, 0.3) is 21.5 Å². The highest BCUT2D eigenvalue weighted by Gasteiger charge is 2.04. The zero-order valence-electron chi connectivity index (χ0n) is 9.74. The molecule has 5 heteroatoms. The van der Waals surface area contributed by atoms with Gasteiger partial charge in [-0.3, -0.25) is 0 Å². The van der Waals surface area contributed by atoms with Gasteiger partial charge in [0.25, 0.3) is 10.4 Å². The topological polar surface area (TPSA) is 66.4 Å². The molecule has 0 bridgehead atoms. The van der Waals surface area contributed by atoms with Gasteiger partial charge in [0.1, 0.15) is 5.75 Å². The molecule has 0 aliphatic rings. The van der Waals surface area contributed by atoms with Gasteiger partial charge in [-0.1, -0.05) is 42.5 Å². The Hall–Kier alpha value is -2.11. The van der Waals surface area contributed by atoms with Crippen LogP contribution < -0.4 is 4.18 Å². The molecule has 0 aliphatic carbocycles. The quantitative estimate of drug-likeness (QED) is 0.409.